The Labute approximate surface area is 217 Å². The van der Waals surface area contributed by atoms with Crippen LogP contribution >= 0.6 is 26.0 Å². The molecule has 172 valence electrons. The third-order valence-electron chi connectivity index (χ3n) is 6.78. The number of benzene rings is 5. The van der Waals surface area contributed by atoms with E-state index in [9.17, 15) is 0 Å². The number of anilines is 3. The Kier molecular flexibility index (Phi) is 5.55. The molecule has 5 aromatic carbocycles. The van der Waals surface area contributed by atoms with Gasteiger partial charge in [0.1, 0.15) is 0 Å². The first kappa shape index (κ1) is 22.2. The highest BCUT2D eigenvalue weighted by Crippen LogP contribution is 2.79. The molecule has 1 nitrogen and oxygen atoms in total. The Balaban J connectivity index is 1.77. The van der Waals surface area contributed by atoms with Crippen LogP contribution < -0.4 is 4.90 Å². The van der Waals surface area contributed by atoms with Gasteiger partial charge in [0.25, 0.3) is 0 Å². The molecule has 0 atom stereocenters. The van der Waals surface area contributed by atoms with E-state index in [2.05, 4.69) is 156 Å². The summed E-state index contributed by atoms with van der Waals surface area (Å²) in [5, 5.41) is 0. The molecule has 1 aliphatic heterocycles. The molecule has 0 spiro atoms. The van der Waals surface area contributed by atoms with E-state index in [0.717, 1.165) is 4.47 Å². The highest BCUT2D eigenvalue weighted by atomic mass is 79.9. The second-order valence-electron chi connectivity index (χ2n) is 8.90. The van der Waals surface area contributed by atoms with Crippen molar-refractivity contribution in [3.8, 4) is 0 Å². The van der Waals surface area contributed by atoms with E-state index in [0.29, 0.717) is 0 Å². The van der Waals surface area contributed by atoms with E-state index >= 15 is 0 Å². The first-order valence-electron chi connectivity index (χ1n) is 11.8. The first-order valence-corrected chi connectivity index (χ1v) is 14.2. The van der Waals surface area contributed by atoms with Gasteiger partial charge in [0.05, 0.1) is 17.1 Å². The minimum absolute atomic E-state index is 1.13. The predicted molar refractivity (Wildman–Crippen MR) is 152 cm³/mol. The lowest BCUT2D eigenvalue weighted by Gasteiger charge is -2.50. The Bertz CT molecular complexity index is 1440. The van der Waals surface area contributed by atoms with E-state index in [4.69, 9.17) is 0 Å². The van der Waals surface area contributed by atoms with Gasteiger partial charge in [-0.1, -0.05) is 82.7 Å². The third kappa shape index (κ3) is 3.37. The average Bonchev–Trinajstić information content (AvgIpc) is 2.91. The summed E-state index contributed by atoms with van der Waals surface area (Å²) in [6.07, 6.45) is 0. The topological polar surface area (TPSA) is 3.24 Å². The number of rotatable bonds is 3. The molecule has 0 aromatic heterocycles. The quantitative estimate of drug-likeness (QED) is 0.218. The van der Waals surface area contributed by atoms with Crippen molar-refractivity contribution < 1.29 is 0 Å². The van der Waals surface area contributed by atoms with Gasteiger partial charge in [-0.2, -0.15) is 0 Å². The molecule has 0 aliphatic carbocycles. The Morgan fingerprint density at radius 2 is 0.971 bits per heavy atom. The van der Waals surface area contributed by atoms with E-state index < -0.39 is 10.0 Å². The van der Waals surface area contributed by atoms with Gasteiger partial charge in [-0.25, -0.2) is 0 Å². The minimum Gasteiger partial charge on any atom is -0.308 e. The van der Waals surface area contributed by atoms with Gasteiger partial charge >= 0.3 is 0 Å². The van der Waals surface area contributed by atoms with Gasteiger partial charge < -0.3 is 4.90 Å². The van der Waals surface area contributed by atoms with E-state index in [1.807, 2.05) is 0 Å². The summed E-state index contributed by atoms with van der Waals surface area (Å²) < 4.78 is 1.13. The lowest BCUT2D eigenvalue weighted by Crippen LogP contribution is -2.22. The second-order valence-corrected chi connectivity index (χ2v) is 12.8. The predicted octanol–water partition coefficient (Wildman–Crippen LogP) is 10.2. The van der Waals surface area contributed by atoms with Crippen molar-refractivity contribution in [2.24, 2.45) is 0 Å². The molecular formula is C32H26BrNS. The van der Waals surface area contributed by atoms with Crippen LogP contribution in [0.25, 0.3) is 0 Å². The van der Waals surface area contributed by atoms with Gasteiger partial charge in [0.15, 0.2) is 0 Å². The van der Waals surface area contributed by atoms with E-state index in [1.54, 1.807) is 0 Å². The van der Waals surface area contributed by atoms with Crippen LogP contribution in [-0.4, -0.2) is 0 Å². The minimum atomic E-state index is -1.70. The zero-order valence-electron chi connectivity index (χ0n) is 19.8. The fourth-order valence-electron chi connectivity index (χ4n) is 5.26. The molecule has 5 aromatic rings. The largest absolute Gasteiger partial charge is 0.308 e. The van der Waals surface area contributed by atoms with Crippen LogP contribution in [0.5, 0.6) is 0 Å². The Hall–Kier alpha value is -3.27. The Morgan fingerprint density at radius 1 is 0.514 bits per heavy atom. The molecule has 0 bridgehead atoms. The van der Waals surface area contributed by atoms with Crippen LogP contribution in [0.3, 0.4) is 0 Å². The fraction of sp³-hybridized carbons (Fsp3) is 0.0625. The monoisotopic (exact) mass is 535 g/mol. The molecule has 0 N–H and O–H groups in total. The van der Waals surface area contributed by atoms with Crippen molar-refractivity contribution in [3.63, 3.8) is 0 Å². The number of aryl methyl sites for hydroxylation is 2. The molecule has 0 unspecified atom stereocenters. The molecule has 0 amide bonds. The van der Waals surface area contributed by atoms with E-state index in [1.165, 1.54) is 47.8 Å². The van der Waals surface area contributed by atoms with Crippen LogP contribution in [0, 0.1) is 13.8 Å². The molecule has 6 rings (SSSR count). The van der Waals surface area contributed by atoms with Crippen LogP contribution in [0.15, 0.2) is 145 Å². The zero-order chi connectivity index (χ0) is 24.0. The van der Waals surface area contributed by atoms with Gasteiger partial charge in [-0.15, -0.1) is 10.0 Å². The molecule has 0 saturated heterocycles. The lowest BCUT2D eigenvalue weighted by molar-refractivity contribution is 1.11. The number of halogens is 1. The standard InChI is InChI=1S/C32H26BrNS/c1-23-21-24(2)30(22-27(23)33)34-28-17-9-11-19-31(28)35(25-13-5-3-6-14-25,26-15-7-4-8-16-26)32-20-12-10-18-29(32)34/h3-22H,1-2H3. The molecule has 0 saturated carbocycles. The number of hydrogen-bond donors (Lipinski definition) is 0. The van der Waals surface area contributed by atoms with Gasteiger partial charge in [-0.3, -0.25) is 0 Å². The van der Waals surface area contributed by atoms with Crippen molar-refractivity contribution in [2.45, 2.75) is 33.4 Å². The maximum absolute atomic E-state index is 3.80. The number of nitrogens with zero attached hydrogens (tertiary/aromatic N) is 1. The molecule has 3 heteroatoms. The Morgan fingerprint density at radius 3 is 1.49 bits per heavy atom. The van der Waals surface area contributed by atoms with E-state index in [-0.39, 0.29) is 0 Å². The lowest BCUT2D eigenvalue weighted by atomic mass is 10.1. The van der Waals surface area contributed by atoms with Crippen molar-refractivity contribution >= 4 is 43.0 Å². The maximum atomic E-state index is 3.80. The van der Waals surface area contributed by atoms with Crippen LogP contribution in [0.1, 0.15) is 11.1 Å². The zero-order valence-corrected chi connectivity index (χ0v) is 22.2. The first-order chi connectivity index (χ1) is 17.1. The number of hydrogen-bond acceptors (Lipinski definition) is 1. The van der Waals surface area contributed by atoms with Crippen LogP contribution in [0.4, 0.5) is 17.1 Å². The molecule has 0 fully saturated rings. The van der Waals surface area contributed by atoms with Crippen LogP contribution in [-0.2, 0) is 0 Å². The van der Waals surface area contributed by atoms with Crippen LogP contribution in [0.2, 0.25) is 0 Å². The summed E-state index contributed by atoms with van der Waals surface area (Å²) in [4.78, 5) is 7.90. The molecular weight excluding hydrogens is 510 g/mol. The van der Waals surface area contributed by atoms with Gasteiger partial charge in [0.2, 0.25) is 0 Å². The van der Waals surface area contributed by atoms with Crippen molar-refractivity contribution in [1.82, 2.24) is 0 Å². The van der Waals surface area contributed by atoms with Crippen molar-refractivity contribution in [1.29, 1.82) is 0 Å². The molecule has 1 aliphatic rings. The number of fused-ring (bicyclic) bond motifs is 2. The summed E-state index contributed by atoms with van der Waals surface area (Å²) in [6.45, 7) is 4.36. The number of para-hydroxylation sites is 2. The highest BCUT2D eigenvalue weighted by molar-refractivity contribution is 9.10. The molecule has 0 radical (unpaired) electrons. The smallest absolute Gasteiger partial charge is 0.0592 e. The summed E-state index contributed by atoms with van der Waals surface area (Å²) in [6, 6.07) is 44.6. The molecule has 1 heterocycles. The van der Waals surface area contributed by atoms with Gasteiger partial charge in [-0.05, 0) is 79.6 Å². The highest BCUT2D eigenvalue weighted by Gasteiger charge is 2.42. The fourth-order valence-corrected chi connectivity index (χ4v) is 9.76. The second kappa shape index (κ2) is 8.75. The summed E-state index contributed by atoms with van der Waals surface area (Å²) in [7, 11) is -1.70. The average molecular weight is 537 g/mol. The molecule has 35 heavy (non-hydrogen) atoms. The third-order valence-corrected chi connectivity index (χ3v) is 11.6. The van der Waals surface area contributed by atoms with Crippen molar-refractivity contribution in [3.05, 3.63) is 137 Å². The summed E-state index contributed by atoms with van der Waals surface area (Å²) in [5.41, 5.74) is 6.20. The summed E-state index contributed by atoms with van der Waals surface area (Å²) >= 11 is 3.80. The van der Waals surface area contributed by atoms with Gasteiger partial charge in [0, 0.05) is 24.1 Å². The normalized spacial score (nSPS) is 14.7. The maximum Gasteiger partial charge on any atom is 0.0592 e. The van der Waals surface area contributed by atoms with Crippen molar-refractivity contribution in [2.75, 3.05) is 4.90 Å². The SMILES string of the molecule is Cc1cc(C)c(N2c3ccccc3S(c3ccccc3)(c3ccccc3)c3ccccc32)cc1Br. The summed E-state index contributed by atoms with van der Waals surface area (Å²) in [5.74, 6) is 0.